The molecule has 8 nitrogen and oxygen atoms in total. The van der Waals surface area contributed by atoms with Crippen LogP contribution in [0.5, 0.6) is 0 Å². The van der Waals surface area contributed by atoms with E-state index in [2.05, 4.69) is 73.8 Å². The lowest BCUT2D eigenvalue weighted by molar-refractivity contribution is -0.137. The fraction of sp³-hybridized carbons (Fsp3) is 0.821. The Kier molecular flexibility index (Phi) is 13.4. The first-order valence-corrected chi connectivity index (χ1v) is 21.4. The van der Waals surface area contributed by atoms with E-state index in [4.69, 9.17) is 27.2 Å². The van der Waals surface area contributed by atoms with E-state index < -0.39 is 30.4 Å². The molecule has 0 fully saturated rings. The van der Waals surface area contributed by atoms with Gasteiger partial charge in [0.15, 0.2) is 16.6 Å². The van der Waals surface area contributed by atoms with Crippen molar-refractivity contribution >= 4 is 30.4 Å². The van der Waals surface area contributed by atoms with Crippen LogP contribution in [0.4, 0.5) is 0 Å². The molecular formula is C28H55O8PSi2. The average Bonchev–Trinajstić information content (AvgIpc) is 2.79. The molecule has 0 aromatic carbocycles. The highest BCUT2D eigenvalue weighted by Gasteiger charge is 2.40. The molecule has 39 heavy (non-hydrogen) atoms. The third-order valence-corrected chi connectivity index (χ3v) is 18.6. The Morgan fingerprint density at radius 2 is 1.38 bits per heavy atom. The van der Waals surface area contributed by atoms with Gasteiger partial charge in [0.05, 0.1) is 39.1 Å². The van der Waals surface area contributed by atoms with Gasteiger partial charge in [-0.25, -0.2) is 9.36 Å². The molecule has 0 radical (unpaired) electrons. The molecule has 0 saturated carbocycles. The molecule has 0 aliphatic heterocycles. The SMILES string of the molecule is CCOP(=O)(OCC)OC1=C(C(=O)OC)C(C=C(CO[Si](C)(C)C(C)(C)C)CO[Si](C)(C)C(C)(C)C)CCC1. The standard InChI is InChI=1S/C28H55O8PSi2/c1-14-32-37(30,33-15-2)36-24-18-16-17-23(25(24)26(29)31-9)19-22(20-34-38(10,11)27(3,4)5)21-35-39(12,13)28(6,7)8/h19,23H,14-18,20-21H2,1-13H3. The molecule has 0 amide bonds. The second-order valence-electron chi connectivity index (χ2n) is 13.1. The van der Waals surface area contributed by atoms with Gasteiger partial charge in [-0.05, 0) is 68.5 Å². The number of rotatable bonds is 14. The molecule has 11 heteroatoms. The van der Waals surface area contributed by atoms with E-state index in [9.17, 15) is 9.36 Å². The highest BCUT2D eigenvalue weighted by atomic mass is 31.2. The van der Waals surface area contributed by atoms with Crippen molar-refractivity contribution in [3.63, 3.8) is 0 Å². The second-order valence-corrected chi connectivity index (χ2v) is 24.3. The summed E-state index contributed by atoms with van der Waals surface area (Å²) < 4.78 is 48.1. The molecule has 1 aliphatic rings. The summed E-state index contributed by atoms with van der Waals surface area (Å²) in [6.45, 7) is 26.8. The third-order valence-electron chi connectivity index (χ3n) is 8.08. The van der Waals surface area contributed by atoms with Crippen LogP contribution in [0.25, 0.3) is 0 Å². The molecule has 0 aromatic heterocycles. The third kappa shape index (κ3) is 10.5. The number of ether oxygens (including phenoxy) is 1. The van der Waals surface area contributed by atoms with Gasteiger partial charge in [0.25, 0.3) is 0 Å². The lowest BCUT2D eigenvalue weighted by atomic mass is 9.85. The lowest BCUT2D eigenvalue weighted by Crippen LogP contribution is -2.43. The molecule has 0 bridgehead atoms. The summed E-state index contributed by atoms with van der Waals surface area (Å²) >= 11 is 0. The summed E-state index contributed by atoms with van der Waals surface area (Å²) in [6, 6.07) is 0. The van der Waals surface area contributed by atoms with Gasteiger partial charge in [0.2, 0.25) is 0 Å². The number of carbonyl (C=O) groups excluding carboxylic acids is 1. The van der Waals surface area contributed by atoms with Crippen LogP contribution >= 0.6 is 7.82 Å². The smallest absolute Gasteiger partial charge is 0.466 e. The number of phosphoric ester groups is 1. The highest BCUT2D eigenvalue weighted by Crippen LogP contribution is 2.53. The summed E-state index contributed by atoms with van der Waals surface area (Å²) in [7, 11) is -6.60. The molecule has 228 valence electrons. The predicted molar refractivity (Wildman–Crippen MR) is 163 cm³/mol. The predicted octanol–water partition coefficient (Wildman–Crippen LogP) is 8.38. The summed E-state index contributed by atoms with van der Waals surface area (Å²) in [6.07, 6.45) is 3.97. The van der Waals surface area contributed by atoms with Crippen molar-refractivity contribution in [2.45, 2.75) is 111 Å². The van der Waals surface area contributed by atoms with E-state index in [1.807, 2.05) is 0 Å². The number of phosphoric acid groups is 1. The number of hydrogen-bond donors (Lipinski definition) is 0. The minimum absolute atomic E-state index is 0.0566. The molecule has 0 saturated heterocycles. The quantitative estimate of drug-likeness (QED) is 0.0843. The van der Waals surface area contributed by atoms with E-state index in [1.165, 1.54) is 7.11 Å². The average molecular weight is 607 g/mol. The van der Waals surface area contributed by atoms with Crippen molar-refractivity contribution < 1.29 is 36.5 Å². The molecule has 1 atom stereocenters. The normalized spacial score (nSPS) is 17.7. The lowest BCUT2D eigenvalue weighted by Gasteiger charge is -2.38. The van der Waals surface area contributed by atoms with Crippen LogP contribution in [0, 0.1) is 5.92 Å². The van der Waals surface area contributed by atoms with Crippen molar-refractivity contribution in [1.29, 1.82) is 0 Å². The van der Waals surface area contributed by atoms with Crippen LogP contribution in [-0.2, 0) is 36.5 Å². The number of methoxy groups -OCH3 is 1. The fourth-order valence-electron chi connectivity index (χ4n) is 3.55. The summed E-state index contributed by atoms with van der Waals surface area (Å²) in [5.41, 5.74) is 1.33. The van der Waals surface area contributed by atoms with Gasteiger partial charge in [-0.2, -0.15) is 0 Å². The molecule has 0 N–H and O–H groups in total. The van der Waals surface area contributed by atoms with Crippen LogP contribution < -0.4 is 0 Å². The van der Waals surface area contributed by atoms with Crippen molar-refractivity contribution in [2.75, 3.05) is 33.5 Å². The van der Waals surface area contributed by atoms with Gasteiger partial charge in [-0.1, -0.05) is 47.6 Å². The Hall–Kier alpha value is -0.746. The number of carbonyl (C=O) groups is 1. The maximum absolute atomic E-state index is 13.2. The number of allylic oxidation sites excluding steroid dienone is 2. The van der Waals surface area contributed by atoms with Gasteiger partial charge in [0, 0.05) is 12.3 Å². The second kappa shape index (κ2) is 14.4. The molecule has 1 rings (SSSR count). The molecule has 0 heterocycles. The van der Waals surface area contributed by atoms with Crippen LogP contribution in [0.15, 0.2) is 23.0 Å². The van der Waals surface area contributed by atoms with Gasteiger partial charge < -0.3 is 18.1 Å². The first-order chi connectivity index (χ1) is 17.7. The van der Waals surface area contributed by atoms with Crippen LogP contribution in [0.1, 0.15) is 74.7 Å². The minimum atomic E-state index is -3.87. The van der Waals surface area contributed by atoms with Crippen LogP contribution in [-0.4, -0.2) is 56.1 Å². The van der Waals surface area contributed by atoms with E-state index in [0.29, 0.717) is 37.4 Å². The van der Waals surface area contributed by atoms with Gasteiger partial charge >= 0.3 is 13.8 Å². The maximum Gasteiger partial charge on any atom is 0.529 e. The van der Waals surface area contributed by atoms with Gasteiger partial charge in [-0.15, -0.1) is 0 Å². The Morgan fingerprint density at radius 1 is 0.923 bits per heavy atom. The van der Waals surface area contributed by atoms with Crippen molar-refractivity contribution in [2.24, 2.45) is 5.92 Å². The van der Waals surface area contributed by atoms with Crippen LogP contribution in [0.3, 0.4) is 0 Å². The number of esters is 1. The Bertz CT molecular complexity index is 887. The van der Waals surface area contributed by atoms with E-state index in [1.54, 1.807) is 13.8 Å². The number of hydrogen-bond acceptors (Lipinski definition) is 8. The van der Waals surface area contributed by atoms with E-state index >= 15 is 0 Å². The van der Waals surface area contributed by atoms with Crippen LogP contribution in [0.2, 0.25) is 36.3 Å². The molecular weight excluding hydrogens is 551 g/mol. The monoisotopic (exact) mass is 606 g/mol. The fourth-order valence-corrected chi connectivity index (χ4v) is 6.78. The Balaban J connectivity index is 3.53. The van der Waals surface area contributed by atoms with Crippen molar-refractivity contribution in [3.05, 3.63) is 23.0 Å². The molecule has 0 spiro atoms. The summed E-state index contributed by atoms with van der Waals surface area (Å²) in [4.78, 5) is 13.1. The van der Waals surface area contributed by atoms with Crippen molar-refractivity contribution in [3.8, 4) is 0 Å². The first-order valence-electron chi connectivity index (χ1n) is 14.1. The topological polar surface area (TPSA) is 89.5 Å². The van der Waals surface area contributed by atoms with E-state index in [-0.39, 0.29) is 29.2 Å². The van der Waals surface area contributed by atoms with Crippen molar-refractivity contribution in [1.82, 2.24) is 0 Å². The minimum Gasteiger partial charge on any atom is -0.466 e. The zero-order chi connectivity index (χ0) is 30.3. The highest BCUT2D eigenvalue weighted by molar-refractivity contribution is 7.48. The zero-order valence-electron chi connectivity index (χ0n) is 26.8. The van der Waals surface area contributed by atoms with E-state index in [0.717, 1.165) is 12.0 Å². The first kappa shape index (κ1) is 36.3. The summed E-state index contributed by atoms with van der Waals surface area (Å²) in [5, 5.41) is 0.113. The molecule has 1 unspecified atom stereocenters. The zero-order valence-corrected chi connectivity index (χ0v) is 29.7. The Labute approximate surface area is 240 Å². The summed E-state index contributed by atoms with van der Waals surface area (Å²) in [5.74, 6) is -0.519. The van der Waals surface area contributed by atoms with Gasteiger partial charge in [0.1, 0.15) is 5.76 Å². The maximum atomic E-state index is 13.2. The van der Waals surface area contributed by atoms with Gasteiger partial charge in [-0.3, -0.25) is 9.05 Å². The molecule has 1 aliphatic carbocycles. The Morgan fingerprint density at radius 3 is 1.77 bits per heavy atom. The molecule has 0 aromatic rings. The largest absolute Gasteiger partial charge is 0.529 e.